The number of methoxy groups -OCH3 is 1. The van der Waals surface area contributed by atoms with Crippen LogP contribution in [0.3, 0.4) is 0 Å². The molecule has 21 heavy (non-hydrogen) atoms. The van der Waals surface area contributed by atoms with Crippen LogP contribution in [0.1, 0.15) is 24.2 Å². The van der Waals surface area contributed by atoms with E-state index in [1.165, 1.54) is 18.5 Å². The van der Waals surface area contributed by atoms with Gasteiger partial charge in [0, 0.05) is 42.3 Å². The van der Waals surface area contributed by atoms with Crippen molar-refractivity contribution in [2.75, 3.05) is 19.5 Å². The van der Waals surface area contributed by atoms with E-state index in [4.69, 9.17) is 0 Å². The van der Waals surface area contributed by atoms with Gasteiger partial charge in [-0.15, -0.1) is 11.3 Å². The van der Waals surface area contributed by atoms with Gasteiger partial charge in [0.05, 0.1) is 12.8 Å². The molecule has 0 saturated heterocycles. The van der Waals surface area contributed by atoms with Gasteiger partial charge in [-0.1, -0.05) is 0 Å². The lowest BCUT2D eigenvalue weighted by Gasteiger charge is -2.09. The van der Waals surface area contributed by atoms with Crippen molar-refractivity contribution in [2.24, 2.45) is 0 Å². The van der Waals surface area contributed by atoms with Gasteiger partial charge in [-0.3, -0.25) is 4.79 Å². The molecule has 0 aromatic carbocycles. The zero-order chi connectivity index (χ0) is 15.4. The largest absolute Gasteiger partial charge is 0.469 e. The van der Waals surface area contributed by atoms with Crippen LogP contribution in [-0.4, -0.2) is 29.7 Å². The number of aromatic nitrogens is 2. The van der Waals surface area contributed by atoms with Crippen molar-refractivity contribution in [2.45, 2.75) is 33.2 Å². The minimum absolute atomic E-state index is 0.157. The molecule has 5 nitrogen and oxygen atoms in total. The van der Waals surface area contributed by atoms with Crippen molar-refractivity contribution in [3.05, 3.63) is 22.8 Å². The highest BCUT2D eigenvalue weighted by Gasteiger charge is 2.13. The molecule has 1 N–H and O–H groups in total. The van der Waals surface area contributed by atoms with E-state index >= 15 is 0 Å². The zero-order valence-corrected chi connectivity index (χ0v) is 13.7. The number of carbonyl (C=O) groups is 1. The Balaban J connectivity index is 2.15. The van der Waals surface area contributed by atoms with Crippen LogP contribution in [0.5, 0.6) is 0 Å². The third kappa shape index (κ3) is 3.44. The predicted octanol–water partition coefficient (Wildman–Crippen LogP) is 3.22. The Morgan fingerprint density at radius 3 is 2.86 bits per heavy atom. The molecular formula is C15H21N3O2S. The van der Waals surface area contributed by atoms with E-state index < -0.39 is 0 Å². The molecule has 2 heterocycles. The predicted molar refractivity (Wildman–Crippen MR) is 85.8 cm³/mol. The molecule has 0 bridgehead atoms. The molecule has 0 aliphatic carbocycles. The van der Waals surface area contributed by atoms with E-state index in [0.717, 1.165) is 29.4 Å². The lowest BCUT2D eigenvalue weighted by Crippen LogP contribution is -2.06. The highest BCUT2D eigenvalue weighted by molar-refractivity contribution is 7.14. The molecule has 0 atom stereocenters. The molecule has 0 amide bonds. The number of esters is 1. The van der Waals surface area contributed by atoms with Crippen LogP contribution in [0.15, 0.2) is 11.4 Å². The topological polar surface area (TPSA) is 56.2 Å². The summed E-state index contributed by atoms with van der Waals surface area (Å²) < 4.78 is 6.91. The Morgan fingerprint density at radius 2 is 2.24 bits per heavy atom. The Kier molecular flexibility index (Phi) is 5.01. The molecule has 0 saturated carbocycles. The molecule has 0 fully saturated rings. The number of hydrogen-bond donors (Lipinski definition) is 1. The number of aryl methyl sites for hydroxylation is 1. The molecule has 2 aromatic rings. The second-order valence-corrected chi connectivity index (χ2v) is 5.76. The van der Waals surface area contributed by atoms with Crippen molar-refractivity contribution in [1.29, 1.82) is 0 Å². The normalized spacial score (nSPS) is 10.7. The van der Waals surface area contributed by atoms with E-state index in [1.807, 2.05) is 7.05 Å². The van der Waals surface area contributed by atoms with Crippen molar-refractivity contribution >= 4 is 22.4 Å². The second kappa shape index (κ2) is 6.76. The van der Waals surface area contributed by atoms with E-state index in [0.29, 0.717) is 6.42 Å². The standard InChI is InChI=1S/C15H21N3O2S/c1-10-8-12(13-9-21-15(16-3)17-13)11(2)18(10)7-5-6-14(19)20-4/h8-9H,5-7H2,1-4H3,(H,16,17). The monoisotopic (exact) mass is 307 g/mol. The maximum atomic E-state index is 11.2. The van der Waals surface area contributed by atoms with Crippen LogP contribution in [0, 0.1) is 13.8 Å². The Morgan fingerprint density at radius 1 is 1.48 bits per heavy atom. The summed E-state index contributed by atoms with van der Waals surface area (Å²) in [5.74, 6) is -0.157. The fourth-order valence-electron chi connectivity index (χ4n) is 2.40. The first kappa shape index (κ1) is 15.6. The summed E-state index contributed by atoms with van der Waals surface area (Å²) in [7, 11) is 3.30. The van der Waals surface area contributed by atoms with Gasteiger partial charge in [0.15, 0.2) is 5.13 Å². The number of hydrogen-bond acceptors (Lipinski definition) is 5. The van der Waals surface area contributed by atoms with Gasteiger partial charge in [-0.05, 0) is 26.3 Å². The number of ether oxygens (including phenoxy) is 1. The molecule has 0 aliphatic rings. The highest BCUT2D eigenvalue weighted by atomic mass is 32.1. The lowest BCUT2D eigenvalue weighted by atomic mass is 10.2. The third-order valence-electron chi connectivity index (χ3n) is 3.56. The molecule has 0 spiro atoms. The van der Waals surface area contributed by atoms with Crippen LogP contribution in [0.4, 0.5) is 5.13 Å². The first-order valence-electron chi connectivity index (χ1n) is 6.94. The molecule has 0 aliphatic heterocycles. The van der Waals surface area contributed by atoms with Gasteiger partial charge in [-0.25, -0.2) is 4.98 Å². The highest BCUT2D eigenvalue weighted by Crippen LogP contribution is 2.29. The van der Waals surface area contributed by atoms with Gasteiger partial charge in [0.2, 0.25) is 0 Å². The molecule has 2 aromatic heterocycles. The molecule has 2 rings (SSSR count). The Labute approximate surface area is 129 Å². The van der Waals surface area contributed by atoms with Gasteiger partial charge >= 0.3 is 5.97 Å². The first-order valence-corrected chi connectivity index (χ1v) is 7.82. The van der Waals surface area contributed by atoms with Crippen molar-refractivity contribution in [3.63, 3.8) is 0 Å². The van der Waals surface area contributed by atoms with E-state index in [-0.39, 0.29) is 5.97 Å². The summed E-state index contributed by atoms with van der Waals surface area (Å²) in [6.45, 7) is 4.99. The Bertz CT molecular complexity index is 631. The van der Waals surface area contributed by atoms with Gasteiger partial charge in [0.1, 0.15) is 0 Å². The van der Waals surface area contributed by atoms with Crippen LogP contribution in [0.25, 0.3) is 11.3 Å². The number of nitrogens with zero attached hydrogens (tertiary/aromatic N) is 2. The molecule has 114 valence electrons. The maximum absolute atomic E-state index is 11.2. The number of thiazole rings is 1. The van der Waals surface area contributed by atoms with Gasteiger partial charge in [0.25, 0.3) is 0 Å². The second-order valence-electron chi connectivity index (χ2n) is 4.90. The molecular weight excluding hydrogens is 286 g/mol. The number of carbonyl (C=O) groups excluding carboxylic acids is 1. The molecule has 6 heteroatoms. The summed E-state index contributed by atoms with van der Waals surface area (Å²) in [4.78, 5) is 15.7. The van der Waals surface area contributed by atoms with E-state index in [1.54, 1.807) is 11.3 Å². The smallest absolute Gasteiger partial charge is 0.305 e. The average Bonchev–Trinajstić information content (AvgIpc) is 3.05. The number of anilines is 1. The van der Waals surface area contributed by atoms with Crippen molar-refractivity contribution < 1.29 is 9.53 Å². The van der Waals surface area contributed by atoms with Crippen molar-refractivity contribution in [3.8, 4) is 11.3 Å². The quantitative estimate of drug-likeness (QED) is 0.833. The van der Waals surface area contributed by atoms with Crippen LogP contribution >= 0.6 is 11.3 Å². The van der Waals surface area contributed by atoms with Crippen LogP contribution < -0.4 is 5.32 Å². The van der Waals surface area contributed by atoms with Crippen LogP contribution in [0.2, 0.25) is 0 Å². The SMILES string of the molecule is CNc1nc(-c2cc(C)n(CCCC(=O)OC)c2C)cs1. The minimum Gasteiger partial charge on any atom is -0.469 e. The summed E-state index contributed by atoms with van der Waals surface area (Å²) in [6.07, 6.45) is 1.23. The van der Waals surface area contributed by atoms with E-state index in [9.17, 15) is 4.79 Å². The average molecular weight is 307 g/mol. The van der Waals surface area contributed by atoms with Gasteiger partial charge in [-0.2, -0.15) is 0 Å². The van der Waals surface area contributed by atoms with E-state index in [2.05, 4.69) is 44.9 Å². The van der Waals surface area contributed by atoms with Crippen molar-refractivity contribution in [1.82, 2.24) is 9.55 Å². The first-order chi connectivity index (χ1) is 10.1. The summed E-state index contributed by atoms with van der Waals surface area (Å²) in [5.41, 5.74) is 4.52. The number of nitrogens with one attached hydrogen (secondary N) is 1. The summed E-state index contributed by atoms with van der Waals surface area (Å²) in [5, 5.41) is 6.04. The fourth-order valence-corrected chi connectivity index (χ4v) is 3.07. The Hall–Kier alpha value is -1.82. The molecule has 0 unspecified atom stereocenters. The summed E-state index contributed by atoms with van der Waals surface area (Å²) >= 11 is 1.60. The lowest BCUT2D eigenvalue weighted by molar-refractivity contribution is -0.140. The maximum Gasteiger partial charge on any atom is 0.305 e. The zero-order valence-electron chi connectivity index (χ0n) is 12.9. The van der Waals surface area contributed by atoms with Crippen LogP contribution in [-0.2, 0) is 16.1 Å². The fraction of sp³-hybridized carbons (Fsp3) is 0.467. The van der Waals surface area contributed by atoms with Gasteiger partial charge < -0.3 is 14.6 Å². The number of rotatable bonds is 6. The molecule has 0 radical (unpaired) electrons. The minimum atomic E-state index is -0.157. The summed E-state index contributed by atoms with van der Waals surface area (Å²) in [6, 6.07) is 2.15. The third-order valence-corrected chi connectivity index (χ3v) is 4.42.